The first-order chi connectivity index (χ1) is 8.79. The monoisotopic (exact) mass is 253 g/mol. The smallest absolute Gasteiger partial charge is 0.250 e. The molecule has 18 heavy (non-hydrogen) atoms. The molecule has 0 saturated heterocycles. The van der Waals surface area contributed by atoms with Crippen LogP contribution >= 0.6 is 0 Å². The summed E-state index contributed by atoms with van der Waals surface area (Å²) in [6.07, 6.45) is 0. The molecule has 2 rings (SSSR count). The SMILES string of the molecule is COCCOCC(=O)Nc1ccc2c(c1)OCO2. The van der Waals surface area contributed by atoms with Gasteiger partial charge in [0.05, 0.1) is 13.2 Å². The number of ether oxygens (including phenoxy) is 4. The van der Waals surface area contributed by atoms with Crippen LogP contribution in [0.1, 0.15) is 0 Å². The van der Waals surface area contributed by atoms with Gasteiger partial charge in [-0.05, 0) is 12.1 Å². The van der Waals surface area contributed by atoms with Gasteiger partial charge in [0.1, 0.15) is 6.61 Å². The minimum Gasteiger partial charge on any atom is -0.454 e. The van der Waals surface area contributed by atoms with E-state index in [0.717, 1.165) is 0 Å². The van der Waals surface area contributed by atoms with Crippen LogP contribution in [-0.2, 0) is 14.3 Å². The van der Waals surface area contributed by atoms with E-state index in [2.05, 4.69) is 5.32 Å². The van der Waals surface area contributed by atoms with E-state index in [0.29, 0.717) is 30.4 Å². The van der Waals surface area contributed by atoms with Crippen LogP contribution in [0.3, 0.4) is 0 Å². The van der Waals surface area contributed by atoms with Crippen molar-refractivity contribution in [2.45, 2.75) is 0 Å². The Balaban J connectivity index is 1.80. The van der Waals surface area contributed by atoms with Crippen LogP contribution in [0.15, 0.2) is 18.2 Å². The van der Waals surface area contributed by atoms with E-state index in [-0.39, 0.29) is 19.3 Å². The molecule has 0 unspecified atom stereocenters. The zero-order valence-corrected chi connectivity index (χ0v) is 10.1. The average molecular weight is 253 g/mol. The molecule has 0 bridgehead atoms. The summed E-state index contributed by atoms with van der Waals surface area (Å²) in [4.78, 5) is 11.5. The quantitative estimate of drug-likeness (QED) is 0.767. The van der Waals surface area contributed by atoms with Crippen LogP contribution in [0.25, 0.3) is 0 Å². The molecule has 6 nitrogen and oxygen atoms in total. The number of methoxy groups -OCH3 is 1. The van der Waals surface area contributed by atoms with Gasteiger partial charge in [-0.25, -0.2) is 0 Å². The molecular weight excluding hydrogens is 238 g/mol. The molecule has 1 aromatic carbocycles. The summed E-state index contributed by atoms with van der Waals surface area (Å²) in [6.45, 7) is 1.08. The first kappa shape index (κ1) is 12.7. The molecule has 1 amide bonds. The zero-order chi connectivity index (χ0) is 12.8. The summed E-state index contributed by atoms with van der Waals surface area (Å²) >= 11 is 0. The van der Waals surface area contributed by atoms with Crippen molar-refractivity contribution in [1.82, 2.24) is 0 Å². The van der Waals surface area contributed by atoms with Gasteiger partial charge in [-0.15, -0.1) is 0 Å². The highest BCUT2D eigenvalue weighted by Gasteiger charge is 2.13. The molecule has 0 radical (unpaired) electrons. The molecule has 1 heterocycles. The summed E-state index contributed by atoms with van der Waals surface area (Å²) in [5.41, 5.74) is 0.652. The molecule has 1 aliphatic rings. The Bertz CT molecular complexity index is 421. The third-order valence-electron chi connectivity index (χ3n) is 2.32. The number of carbonyl (C=O) groups excluding carboxylic acids is 1. The number of rotatable bonds is 6. The molecule has 0 fully saturated rings. The van der Waals surface area contributed by atoms with Gasteiger partial charge in [-0.2, -0.15) is 0 Å². The molecule has 0 spiro atoms. The van der Waals surface area contributed by atoms with Crippen LogP contribution < -0.4 is 14.8 Å². The lowest BCUT2D eigenvalue weighted by molar-refractivity contribution is -0.121. The largest absolute Gasteiger partial charge is 0.454 e. The zero-order valence-electron chi connectivity index (χ0n) is 10.1. The molecule has 98 valence electrons. The van der Waals surface area contributed by atoms with Gasteiger partial charge < -0.3 is 24.3 Å². The Morgan fingerprint density at radius 1 is 1.33 bits per heavy atom. The van der Waals surface area contributed by atoms with Crippen molar-refractivity contribution >= 4 is 11.6 Å². The number of hydrogen-bond acceptors (Lipinski definition) is 5. The molecule has 6 heteroatoms. The second-order valence-corrected chi connectivity index (χ2v) is 3.66. The van der Waals surface area contributed by atoms with Crippen molar-refractivity contribution in [3.05, 3.63) is 18.2 Å². The lowest BCUT2D eigenvalue weighted by atomic mass is 10.3. The number of anilines is 1. The minimum atomic E-state index is -0.218. The van der Waals surface area contributed by atoms with Gasteiger partial charge in [0.15, 0.2) is 11.5 Å². The number of benzene rings is 1. The number of fused-ring (bicyclic) bond motifs is 1. The fourth-order valence-corrected chi connectivity index (χ4v) is 1.48. The Morgan fingerprint density at radius 2 is 2.17 bits per heavy atom. The molecule has 1 N–H and O–H groups in total. The van der Waals surface area contributed by atoms with E-state index < -0.39 is 0 Å². The van der Waals surface area contributed by atoms with Crippen LogP contribution in [0.4, 0.5) is 5.69 Å². The second kappa shape index (κ2) is 6.23. The van der Waals surface area contributed by atoms with Crippen molar-refractivity contribution in [2.75, 3.05) is 39.0 Å². The highest BCUT2D eigenvalue weighted by molar-refractivity contribution is 5.92. The van der Waals surface area contributed by atoms with Crippen LogP contribution in [-0.4, -0.2) is 39.6 Å². The number of hydrogen-bond donors (Lipinski definition) is 1. The van der Waals surface area contributed by atoms with Crippen LogP contribution in [0.2, 0.25) is 0 Å². The van der Waals surface area contributed by atoms with Crippen molar-refractivity contribution in [2.24, 2.45) is 0 Å². The lowest BCUT2D eigenvalue weighted by Gasteiger charge is -2.06. The molecule has 0 aliphatic carbocycles. The van der Waals surface area contributed by atoms with Crippen LogP contribution in [0, 0.1) is 0 Å². The molecule has 0 saturated carbocycles. The summed E-state index contributed by atoms with van der Waals surface area (Å²) < 4.78 is 20.3. The van der Waals surface area contributed by atoms with E-state index in [1.807, 2.05) is 0 Å². The highest BCUT2D eigenvalue weighted by atomic mass is 16.7. The third kappa shape index (κ3) is 3.35. The Morgan fingerprint density at radius 3 is 3.00 bits per heavy atom. The average Bonchev–Trinajstić information content (AvgIpc) is 2.82. The van der Waals surface area contributed by atoms with E-state index in [1.54, 1.807) is 25.3 Å². The van der Waals surface area contributed by atoms with Gasteiger partial charge in [0, 0.05) is 18.9 Å². The molecule has 0 atom stereocenters. The van der Waals surface area contributed by atoms with Crippen molar-refractivity contribution in [3.63, 3.8) is 0 Å². The summed E-state index contributed by atoms with van der Waals surface area (Å²) in [5.74, 6) is 1.10. The van der Waals surface area contributed by atoms with E-state index >= 15 is 0 Å². The normalized spacial score (nSPS) is 12.5. The first-order valence-corrected chi connectivity index (χ1v) is 5.56. The Kier molecular flexibility index (Phi) is 4.38. The summed E-state index contributed by atoms with van der Waals surface area (Å²) in [6, 6.07) is 5.22. The third-order valence-corrected chi connectivity index (χ3v) is 2.32. The van der Waals surface area contributed by atoms with Crippen molar-refractivity contribution in [1.29, 1.82) is 0 Å². The maximum Gasteiger partial charge on any atom is 0.250 e. The van der Waals surface area contributed by atoms with E-state index in [1.165, 1.54) is 0 Å². The maximum atomic E-state index is 11.5. The molecule has 0 aromatic heterocycles. The number of nitrogens with one attached hydrogen (secondary N) is 1. The minimum absolute atomic E-state index is 0.00218. The van der Waals surface area contributed by atoms with Gasteiger partial charge in [-0.3, -0.25) is 4.79 Å². The van der Waals surface area contributed by atoms with E-state index in [4.69, 9.17) is 18.9 Å². The molecular formula is C12H15NO5. The Hall–Kier alpha value is -1.79. The topological polar surface area (TPSA) is 66.0 Å². The Labute approximate surface area is 105 Å². The predicted molar refractivity (Wildman–Crippen MR) is 63.9 cm³/mol. The van der Waals surface area contributed by atoms with Gasteiger partial charge in [0.2, 0.25) is 12.7 Å². The lowest BCUT2D eigenvalue weighted by Crippen LogP contribution is -2.19. The number of amides is 1. The predicted octanol–water partition coefficient (Wildman–Crippen LogP) is 1.02. The fourth-order valence-electron chi connectivity index (χ4n) is 1.48. The fraction of sp³-hybridized carbons (Fsp3) is 0.417. The second-order valence-electron chi connectivity index (χ2n) is 3.66. The van der Waals surface area contributed by atoms with E-state index in [9.17, 15) is 4.79 Å². The molecule has 1 aromatic rings. The number of carbonyl (C=O) groups is 1. The summed E-state index contributed by atoms with van der Waals surface area (Å²) in [5, 5.41) is 2.71. The highest BCUT2D eigenvalue weighted by Crippen LogP contribution is 2.34. The van der Waals surface area contributed by atoms with Gasteiger partial charge in [-0.1, -0.05) is 0 Å². The van der Waals surface area contributed by atoms with Gasteiger partial charge in [0.25, 0.3) is 0 Å². The van der Waals surface area contributed by atoms with Crippen molar-refractivity contribution in [3.8, 4) is 11.5 Å². The first-order valence-electron chi connectivity index (χ1n) is 5.56. The van der Waals surface area contributed by atoms with Gasteiger partial charge >= 0.3 is 0 Å². The standard InChI is InChI=1S/C12H15NO5/c1-15-4-5-16-7-12(14)13-9-2-3-10-11(6-9)18-8-17-10/h2-3,6H,4-5,7-8H2,1H3,(H,13,14). The maximum absolute atomic E-state index is 11.5. The van der Waals surface area contributed by atoms with Crippen LogP contribution in [0.5, 0.6) is 11.5 Å². The van der Waals surface area contributed by atoms with Crippen molar-refractivity contribution < 1.29 is 23.7 Å². The summed E-state index contributed by atoms with van der Waals surface area (Å²) in [7, 11) is 1.58. The molecule has 1 aliphatic heterocycles.